The molecule has 0 aliphatic rings. The summed E-state index contributed by atoms with van der Waals surface area (Å²) in [6.07, 6.45) is 1.64. The molecule has 0 saturated heterocycles. The quantitative estimate of drug-likeness (QED) is 0.869. The van der Waals surface area contributed by atoms with Crippen molar-refractivity contribution in [3.63, 3.8) is 0 Å². The summed E-state index contributed by atoms with van der Waals surface area (Å²) in [5.41, 5.74) is 5.33. The Morgan fingerprint density at radius 3 is 3.13 bits per heavy atom. The maximum absolute atomic E-state index is 11.1. The summed E-state index contributed by atoms with van der Waals surface area (Å²) < 4.78 is 1.70. The van der Waals surface area contributed by atoms with E-state index >= 15 is 0 Å². The maximum Gasteiger partial charge on any atom is 0.273 e. The molecule has 0 radical (unpaired) electrons. The van der Waals surface area contributed by atoms with Crippen LogP contribution in [0.5, 0.6) is 0 Å². The van der Waals surface area contributed by atoms with Crippen LogP contribution in [0.1, 0.15) is 17.7 Å². The van der Waals surface area contributed by atoms with E-state index in [1.807, 2.05) is 6.92 Å². The number of hydrogen-bond acceptors (Lipinski definition) is 4. The molecule has 0 amide bonds. The van der Waals surface area contributed by atoms with Gasteiger partial charge in [-0.3, -0.25) is 9.20 Å². The van der Waals surface area contributed by atoms with Crippen molar-refractivity contribution >= 4 is 27.9 Å². The molecule has 2 N–H and O–H groups in total. The molecule has 0 aromatic carbocycles. The Kier molecular flexibility index (Phi) is 2.77. The minimum atomic E-state index is -0.250. The minimum Gasteiger partial charge on any atom is -0.330 e. The molecule has 1 unspecified atom stereocenters. The average molecular weight is 244 g/mol. The second kappa shape index (κ2) is 3.92. The molecular formula is C9H10ClN3OS. The Hall–Kier alpha value is -0.910. The normalized spacial score (nSPS) is 13.3. The highest BCUT2D eigenvalue weighted by Crippen LogP contribution is 2.31. The third-order valence-corrected chi connectivity index (χ3v) is 3.98. The van der Waals surface area contributed by atoms with Crippen molar-refractivity contribution in [2.75, 3.05) is 6.54 Å². The molecule has 0 aliphatic carbocycles. The molecule has 0 fully saturated rings. The molecule has 15 heavy (non-hydrogen) atoms. The lowest BCUT2D eigenvalue weighted by Crippen LogP contribution is -2.08. The molecule has 0 bridgehead atoms. The number of aromatic nitrogens is 2. The van der Waals surface area contributed by atoms with Crippen LogP contribution in [0.2, 0.25) is 5.15 Å². The van der Waals surface area contributed by atoms with Gasteiger partial charge in [-0.05, 0) is 6.54 Å². The Morgan fingerprint density at radius 2 is 2.47 bits per heavy atom. The summed E-state index contributed by atoms with van der Waals surface area (Å²) in [7, 11) is 0. The summed E-state index contributed by atoms with van der Waals surface area (Å²) in [5, 5.41) is 0.598. The van der Waals surface area contributed by atoms with E-state index in [2.05, 4.69) is 4.98 Å². The van der Waals surface area contributed by atoms with Gasteiger partial charge in [-0.15, -0.1) is 0 Å². The Morgan fingerprint density at radius 1 is 1.73 bits per heavy atom. The predicted molar refractivity (Wildman–Crippen MR) is 61.8 cm³/mol. The molecule has 2 aromatic heterocycles. The lowest BCUT2D eigenvalue weighted by molar-refractivity contribution is 0.785. The lowest BCUT2D eigenvalue weighted by atomic mass is 10.1. The molecular weight excluding hydrogens is 234 g/mol. The summed E-state index contributed by atoms with van der Waals surface area (Å²) in [4.78, 5) is 16.5. The van der Waals surface area contributed by atoms with Gasteiger partial charge in [0.2, 0.25) is 0 Å². The van der Waals surface area contributed by atoms with E-state index in [9.17, 15) is 4.79 Å². The monoisotopic (exact) mass is 243 g/mol. The highest BCUT2D eigenvalue weighted by molar-refractivity contribution is 7.17. The van der Waals surface area contributed by atoms with Gasteiger partial charge in [0.15, 0.2) is 4.96 Å². The van der Waals surface area contributed by atoms with Gasteiger partial charge in [0.25, 0.3) is 5.56 Å². The Labute approximate surface area is 95.3 Å². The van der Waals surface area contributed by atoms with Crippen LogP contribution < -0.4 is 11.3 Å². The topological polar surface area (TPSA) is 60.4 Å². The smallest absolute Gasteiger partial charge is 0.273 e. The van der Waals surface area contributed by atoms with Crippen molar-refractivity contribution in [3.05, 3.63) is 32.6 Å². The summed E-state index contributed by atoms with van der Waals surface area (Å²) in [6, 6.07) is 1.39. The number of hydrogen-bond donors (Lipinski definition) is 1. The zero-order valence-electron chi connectivity index (χ0n) is 8.11. The van der Waals surface area contributed by atoms with E-state index in [1.165, 1.54) is 17.4 Å². The highest BCUT2D eigenvalue weighted by atomic mass is 35.5. The first kappa shape index (κ1) is 10.6. The van der Waals surface area contributed by atoms with Crippen LogP contribution in [-0.4, -0.2) is 15.9 Å². The van der Waals surface area contributed by atoms with Gasteiger partial charge in [-0.2, -0.15) is 4.98 Å². The molecule has 0 aliphatic heterocycles. The van der Waals surface area contributed by atoms with Crippen molar-refractivity contribution in [1.29, 1.82) is 0 Å². The van der Waals surface area contributed by atoms with Crippen LogP contribution in [0.4, 0.5) is 0 Å². The molecule has 1 atom stereocenters. The van der Waals surface area contributed by atoms with Gasteiger partial charge >= 0.3 is 0 Å². The van der Waals surface area contributed by atoms with E-state index in [0.29, 0.717) is 16.7 Å². The van der Waals surface area contributed by atoms with Gasteiger partial charge in [0, 0.05) is 23.1 Å². The van der Waals surface area contributed by atoms with Crippen LogP contribution in [0.15, 0.2) is 17.1 Å². The predicted octanol–water partition coefficient (Wildman–Crippen LogP) is 1.47. The van der Waals surface area contributed by atoms with Crippen molar-refractivity contribution in [3.8, 4) is 0 Å². The molecule has 6 heteroatoms. The van der Waals surface area contributed by atoms with E-state index in [4.69, 9.17) is 17.3 Å². The molecule has 0 saturated carbocycles. The average Bonchev–Trinajstić information content (AvgIpc) is 2.54. The number of nitrogens with two attached hydrogens (primary N) is 1. The summed E-state index contributed by atoms with van der Waals surface area (Å²) in [5.74, 6) is 0.180. The van der Waals surface area contributed by atoms with E-state index in [-0.39, 0.29) is 11.5 Å². The van der Waals surface area contributed by atoms with E-state index in [1.54, 1.807) is 10.6 Å². The largest absolute Gasteiger partial charge is 0.330 e. The zero-order valence-corrected chi connectivity index (χ0v) is 9.68. The van der Waals surface area contributed by atoms with Crippen LogP contribution in [0, 0.1) is 0 Å². The fourth-order valence-corrected chi connectivity index (χ4v) is 2.83. The van der Waals surface area contributed by atoms with Gasteiger partial charge in [0.1, 0.15) is 5.15 Å². The second-order valence-corrected chi connectivity index (χ2v) is 4.68. The Balaban J connectivity index is 2.69. The van der Waals surface area contributed by atoms with Gasteiger partial charge in [-0.25, -0.2) is 0 Å². The minimum absolute atomic E-state index is 0.180. The molecule has 2 rings (SSSR count). The SMILES string of the molecule is CC(CN)c1sc2nc(=O)ccn2c1Cl. The van der Waals surface area contributed by atoms with Crippen molar-refractivity contribution in [1.82, 2.24) is 9.38 Å². The van der Waals surface area contributed by atoms with E-state index < -0.39 is 0 Å². The Bertz CT molecular complexity index is 548. The first-order valence-corrected chi connectivity index (χ1v) is 5.70. The third kappa shape index (κ3) is 1.78. The summed E-state index contributed by atoms with van der Waals surface area (Å²) in [6.45, 7) is 2.52. The highest BCUT2D eigenvalue weighted by Gasteiger charge is 2.15. The second-order valence-electron chi connectivity index (χ2n) is 3.31. The molecule has 80 valence electrons. The zero-order chi connectivity index (χ0) is 11.0. The van der Waals surface area contributed by atoms with Gasteiger partial charge in [-0.1, -0.05) is 29.9 Å². The maximum atomic E-state index is 11.1. The molecule has 4 nitrogen and oxygen atoms in total. The van der Waals surface area contributed by atoms with Crippen LogP contribution in [0.25, 0.3) is 4.96 Å². The molecule has 0 spiro atoms. The van der Waals surface area contributed by atoms with Crippen molar-refractivity contribution in [2.24, 2.45) is 5.73 Å². The lowest BCUT2D eigenvalue weighted by Gasteiger charge is -2.04. The fourth-order valence-electron chi connectivity index (χ4n) is 1.28. The number of fused-ring (bicyclic) bond motifs is 1. The fraction of sp³-hybridized carbons (Fsp3) is 0.333. The first-order valence-electron chi connectivity index (χ1n) is 4.51. The van der Waals surface area contributed by atoms with Crippen LogP contribution in [0.3, 0.4) is 0 Å². The first-order chi connectivity index (χ1) is 7.13. The van der Waals surface area contributed by atoms with Gasteiger partial charge in [0.05, 0.1) is 0 Å². The number of halogens is 1. The summed E-state index contributed by atoms with van der Waals surface area (Å²) >= 11 is 7.57. The van der Waals surface area contributed by atoms with Crippen molar-refractivity contribution in [2.45, 2.75) is 12.8 Å². The standard InChI is InChI=1S/C9H10ClN3OS/c1-5(4-11)7-8(10)13-3-2-6(14)12-9(13)15-7/h2-3,5H,4,11H2,1H3. The van der Waals surface area contributed by atoms with Gasteiger partial charge < -0.3 is 5.73 Å². The molecule has 2 aromatic rings. The van der Waals surface area contributed by atoms with Crippen LogP contribution >= 0.6 is 22.9 Å². The number of nitrogens with zero attached hydrogens (tertiary/aromatic N) is 2. The number of rotatable bonds is 2. The van der Waals surface area contributed by atoms with E-state index in [0.717, 1.165) is 4.88 Å². The molecule has 2 heterocycles. The van der Waals surface area contributed by atoms with Crippen LogP contribution in [-0.2, 0) is 0 Å². The third-order valence-electron chi connectivity index (χ3n) is 2.20. The van der Waals surface area contributed by atoms with Crippen molar-refractivity contribution < 1.29 is 0 Å². The number of thiazole rings is 1.